The van der Waals surface area contributed by atoms with Crippen molar-refractivity contribution < 1.29 is 42.8 Å². The van der Waals surface area contributed by atoms with E-state index in [1.807, 2.05) is 0 Å². The van der Waals surface area contributed by atoms with Gasteiger partial charge in [-0.3, -0.25) is 5.43 Å². The van der Waals surface area contributed by atoms with Gasteiger partial charge in [-0.05, 0) is 61.4 Å². The minimum atomic E-state index is -1.22. The van der Waals surface area contributed by atoms with E-state index >= 15 is 0 Å². The van der Waals surface area contributed by atoms with Crippen LogP contribution < -0.4 is 35.0 Å². The molecule has 1 aliphatic rings. The zero-order valence-electron chi connectivity index (χ0n) is 25.6. The molecule has 0 saturated heterocycles. The van der Waals surface area contributed by atoms with Gasteiger partial charge < -0.3 is 39.4 Å². The number of carbonyl (C=O) groups is 2. The Morgan fingerprint density at radius 1 is 1.09 bits per heavy atom. The number of esters is 1. The molecule has 244 valence electrons. The van der Waals surface area contributed by atoms with E-state index in [0.29, 0.717) is 50.9 Å². The molecule has 3 aromatic carbocycles. The molecule has 1 aliphatic heterocycles. The van der Waals surface area contributed by atoms with Crippen LogP contribution in [0.15, 0.2) is 75.4 Å². The molecule has 1 heterocycles. The second-order valence-electron chi connectivity index (χ2n) is 9.86. The summed E-state index contributed by atoms with van der Waals surface area (Å²) >= 11 is 3.44. The van der Waals surface area contributed by atoms with Gasteiger partial charge >= 0.3 is 12.0 Å². The van der Waals surface area contributed by atoms with Crippen molar-refractivity contribution in [3.63, 3.8) is 0 Å². The molecule has 0 fully saturated rings. The van der Waals surface area contributed by atoms with Crippen LogP contribution >= 0.6 is 15.9 Å². The van der Waals surface area contributed by atoms with Crippen molar-refractivity contribution in [3.8, 4) is 23.0 Å². The molecule has 4 N–H and O–H groups in total. The van der Waals surface area contributed by atoms with Crippen molar-refractivity contribution in [2.75, 3.05) is 27.4 Å². The average molecular weight is 702 g/mol. The van der Waals surface area contributed by atoms with Crippen molar-refractivity contribution in [1.82, 2.24) is 16.1 Å². The Hall–Kier alpha value is -4.82. The van der Waals surface area contributed by atoms with E-state index < -0.39 is 24.3 Å². The van der Waals surface area contributed by atoms with E-state index in [0.717, 1.165) is 5.56 Å². The molecular weight excluding hydrogens is 667 g/mol. The Morgan fingerprint density at radius 3 is 2.54 bits per heavy atom. The number of benzene rings is 3. The maximum atomic E-state index is 13.3. The lowest BCUT2D eigenvalue weighted by molar-refractivity contribution is -0.136. The summed E-state index contributed by atoms with van der Waals surface area (Å²) < 4.78 is 41.9. The molecule has 0 radical (unpaired) electrons. The Bertz CT molecular complexity index is 1620. The first kappa shape index (κ1) is 34.1. The summed E-state index contributed by atoms with van der Waals surface area (Å²) in [7, 11) is 2.77. The zero-order chi connectivity index (χ0) is 33.2. The van der Waals surface area contributed by atoms with Crippen molar-refractivity contribution in [1.29, 1.82) is 0 Å². The Labute approximate surface area is 273 Å². The van der Waals surface area contributed by atoms with Gasteiger partial charge in [-0.2, -0.15) is 5.10 Å². The topological polar surface area (TPSA) is 149 Å². The number of methoxy groups -OCH3 is 2. The predicted octanol–water partition coefficient (Wildman–Crippen LogP) is 4.70. The van der Waals surface area contributed by atoms with Crippen molar-refractivity contribution in [2.45, 2.75) is 32.7 Å². The summed E-state index contributed by atoms with van der Waals surface area (Å²) in [6, 6.07) is 13.2. The van der Waals surface area contributed by atoms with E-state index in [1.165, 1.54) is 32.6 Å². The normalized spacial score (nSPS) is 15.1. The number of amides is 2. The van der Waals surface area contributed by atoms with E-state index in [2.05, 4.69) is 37.1 Å². The monoisotopic (exact) mass is 700 g/mol. The fraction of sp³-hybridized carbons (Fsp3) is 0.281. The van der Waals surface area contributed by atoms with Crippen LogP contribution in [0.5, 0.6) is 23.0 Å². The number of halogens is 2. The number of hydrogen-bond donors (Lipinski definition) is 4. The van der Waals surface area contributed by atoms with E-state index in [1.54, 1.807) is 56.3 Å². The highest BCUT2D eigenvalue weighted by molar-refractivity contribution is 9.10. The standard InChI is InChI=1S/C32H34BrFN4O8/c1-5-44-25-13-20(29-28(31(40)43-4)18(2)36-32(41)37-29)8-11-24(25)45-17-27(39)38-35-15-21-12-22(33)14-26(42-3)30(21)46-16-19-6-9-23(34)10-7-19/h6-15,27,29,38-39H,5,16-17H2,1-4H3,(H2,36,37,41)/b35-15+/t27-,29+/m1/s1. The minimum absolute atomic E-state index is 0.161. The number of nitrogens with zero attached hydrogens (tertiary/aromatic N) is 1. The molecule has 0 saturated carbocycles. The molecular formula is C32H34BrFN4O8. The maximum absolute atomic E-state index is 13.3. The van der Waals surface area contributed by atoms with Crippen molar-refractivity contribution >= 4 is 34.1 Å². The van der Waals surface area contributed by atoms with Gasteiger partial charge in [0.15, 0.2) is 29.2 Å². The predicted molar refractivity (Wildman–Crippen MR) is 170 cm³/mol. The van der Waals surface area contributed by atoms with Gasteiger partial charge in [0.1, 0.15) is 19.0 Å². The molecule has 14 heteroatoms. The Balaban J connectivity index is 1.44. The van der Waals surface area contributed by atoms with E-state index in [-0.39, 0.29) is 24.6 Å². The second kappa shape index (κ2) is 16.0. The number of hydrazone groups is 1. The van der Waals surface area contributed by atoms with Crippen LogP contribution in [0, 0.1) is 5.82 Å². The second-order valence-corrected chi connectivity index (χ2v) is 10.8. The summed E-state index contributed by atoms with van der Waals surface area (Å²) in [6.07, 6.45) is 0.238. The number of rotatable bonds is 14. The number of nitrogens with one attached hydrogen (secondary N) is 3. The molecule has 0 aromatic heterocycles. The van der Waals surface area contributed by atoms with Crippen molar-refractivity contribution in [2.24, 2.45) is 5.10 Å². The molecule has 4 rings (SSSR count). The van der Waals surface area contributed by atoms with E-state index in [4.69, 9.17) is 23.7 Å². The highest BCUT2D eigenvalue weighted by Gasteiger charge is 2.32. The summed E-state index contributed by atoms with van der Waals surface area (Å²) in [6.45, 7) is 3.68. The first-order chi connectivity index (χ1) is 22.1. The smallest absolute Gasteiger partial charge is 0.337 e. The Kier molecular flexibility index (Phi) is 11.8. The quantitative estimate of drug-likeness (QED) is 0.0813. The van der Waals surface area contributed by atoms with Crippen LogP contribution in [0.1, 0.15) is 36.6 Å². The van der Waals surface area contributed by atoms with Crippen molar-refractivity contribution in [3.05, 3.63) is 92.8 Å². The first-order valence-electron chi connectivity index (χ1n) is 14.1. The van der Waals surface area contributed by atoms with Crippen LogP contribution in [0.2, 0.25) is 0 Å². The molecule has 0 unspecified atom stereocenters. The number of carbonyl (C=O) groups excluding carboxylic acids is 2. The van der Waals surface area contributed by atoms with Gasteiger partial charge in [-0.25, -0.2) is 14.0 Å². The molecule has 46 heavy (non-hydrogen) atoms. The van der Waals surface area contributed by atoms with Gasteiger partial charge in [0, 0.05) is 15.7 Å². The van der Waals surface area contributed by atoms with Crippen LogP contribution in [0.25, 0.3) is 0 Å². The van der Waals surface area contributed by atoms with Gasteiger partial charge in [-0.1, -0.05) is 34.1 Å². The third-order valence-electron chi connectivity index (χ3n) is 6.66. The summed E-state index contributed by atoms with van der Waals surface area (Å²) in [4.78, 5) is 24.6. The van der Waals surface area contributed by atoms with Crippen LogP contribution in [-0.4, -0.2) is 57.0 Å². The number of ether oxygens (including phenoxy) is 5. The third kappa shape index (κ3) is 8.67. The number of urea groups is 1. The largest absolute Gasteiger partial charge is 0.493 e. The lowest BCUT2D eigenvalue weighted by atomic mass is 9.95. The van der Waals surface area contributed by atoms with Crippen LogP contribution in [0.4, 0.5) is 9.18 Å². The number of aliphatic hydroxyl groups is 1. The van der Waals surface area contributed by atoms with Gasteiger partial charge in [0.05, 0.1) is 38.7 Å². The minimum Gasteiger partial charge on any atom is -0.493 e. The highest BCUT2D eigenvalue weighted by Crippen LogP contribution is 2.36. The molecule has 0 bridgehead atoms. The number of hydrogen-bond acceptors (Lipinski definition) is 10. The fourth-order valence-corrected chi connectivity index (χ4v) is 5.00. The summed E-state index contributed by atoms with van der Waals surface area (Å²) in [5.41, 5.74) is 5.11. The summed E-state index contributed by atoms with van der Waals surface area (Å²) in [5, 5.41) is 20.0. The molecule has 2 atom stereocenters. The molecule has 2 amide bonds. The molecule has 3 aromatic rings. The van der Waals surface area contributed by atoms with Gasteiger partial charge in [-0.15, -0.1) is 0 Å². The summed E-state index contributed by atoms with van der Waals surface area (Å²) in [5.74, 6) is 0.585. The maximum Gasteiger partial charge on any atom is 0.337 e. The zero-order valence-corrected chi connectivity index (χ0v) is 27.1. The van der Waals surface area contributed by atoms with Crippen LogP contribution in [-0.2, 0) is 16.1 Å². The third-order valence-corrected chi connectivity index (χ3v) is 7.12. The van der Waals surface area contributed by atoms with Gasteiger partial charge in [0.25, 0.3) is 0 Å². The lowest BCUT2D eigenvalue weighted by Gasteiger charge is -2.28. The SMILES string of the molecule is CCOc1cc([C@@H]2NC(=O)NC(C)=C2C(=O)OC)ccc1OC[C@@H](O)N/N=C/c1cc(Br)cc(OC)c1OCc1ccc(F)cc1. The van der Waals surface area contributed by atoms with E-state index in [9.17, 15) is 19.1 Å². The molecule has 12 nitrogen and oxygen atoms in total. The first-order valence-corrected chi connectivity index (χ1v) is 14.9. The average Bonchev–Trinajstić information content (AvgIpc) is 3.03. The lowest BCUT2D eigenvalue weighted by Crippen LogP contribution is -2.45. The fourth-order valence-electron chi connectivity index (χ4n) is 4.54. The molecule has 0 spiro atoms. The molecule has 0 aliphatic carbocycles. The number of aliphatic hydroxyl groups excluding tert-OH is 1. The number of allylic oxidation sites excluding steroid dienone is 1. The van der Waals surface area contributed by atoms with Gasteiger partial charge in [0.2, 0.25) is 0 Å². The highest BCUT2D eigenvalue weighted by atomic mass is 79.9. The van der Waals surface area contributed by atoms with Crippen LogP contribution in [0.3, 0.4) is 0 Å². The Morgan fingerprint density at radius 2 is 1.85 bits per heavy atom.